The summed E-state index contributed by atoms with van der Waals surface area (Å²) in [6.07, 6.45) is 1.54. The molecule has 0 heterocycles. The first-order valence-corrected chi connectivity index (χ1v) is 11.5. The van der Waals surface area contributed by atoms with Crippen LogP contribution in [0.25, 0.3) is 10.8 Å². The zero-order valence-electron chi connectivity index (χ0n) is 19.2. The Bertz CT molecular complexity index is 1350. The molecule has 0 saturated heterocycles. The maximum absolute atomic E-state index is 13.5. The van der Waals surface area contributed by atoms with Crippen molar-refractivity contribution in [1.82, 2.24) is 5.32 Å². The Kier molecular flexibility index (Phi) is 7.73. The molecule has 35 heavy (non-hydrogen) atoms. The van der Waals surface area contributed by atoms with Crippen molar-refractivity contribution in [3.05, 3.63) is 107 Å². The molecule has 2 N–H and O–H groups in total. The van der Waals surface area contributed by atoms with E-state index in [0.29, 0.717) is 42.9 Å². The van der Waals surface area contributed by atoms with Crippen molar-refractivity contribution in [2.24, 2.45) is 0 Å². The molecule has 5 nitrogen and oxygen atoms in total. The number of hydrogen-bond donors (Lipinski definition) is 2. The maximum Gasteiger partial charge on any atom is 0.303 e. The molecule has 0 spiro atoms. The molecule has 1 amide bonds. The van der Waals surface area contributed by atoms with E-state index in [4.69, 9.17) is 9.84 Å². The summed E-state index contributed by atoms with van der Waals surface area (Å²) in [6.45, 7) is 0.441. The van der Waals surface area contributed by atoms with E-state index in [1.54, 1.807) is 30.3 Å². The fourth-order valence-electron chi connectivity index (χ4n) is 4.06. The fourth-order valence-corrected chi connectivity index (χ4v) is 4.06. The quantitative estimate of drug-likeness (QED) is 0.291. The van der Waals surface area contributed by atoms with Crippen LogP contribution in [0.1, 0.15) is 34.3 Å². The molecule has 0 atom stereocenters. The number of aryl methyl sites for hydroxylation is 1. The lowest BCUT2D eigenvalue weighted by molar-refractivity contribution is -0.137. The largest absolute Gasteiger partial charge is 0.481 e. The minimum atomic E-state index is -0.878. The third-order valence-electron chi connectivity index (χ3n) is 5.75. The highest BCUT2D eigenvalue weighted by molar-refractivity contribution is 5.96. The van der Waals surface area contributed by atoms with Gasteiger partial charge in [-0.3, -0.25) is 9.59 Å². The van der Waals surface area contributed by atoms with Crippen molar-refractivity contribution < 1.29 is 23.8 Å². The van der Waals surface area contributed by atoms with E-state index in [1.807, 2.05) is 18.2 Å². The van der Waals surface area contributed by atoms with Gasteiger partial charge in [-0.25, -0.2) is 4.39 Å². The van der Waals surface area contributed by atoms with Crippen molar-refractivity contribution in [3.63, 3.8) is 0 Å². The number of hydrogen-bond acceptors (Lipinski definition) is 3. The van der Waals surface area contributed by atoms with Crippen LogP contribution >= 0.6 is 0 Å². The average molecular weight is 472 g/mol. The third kappa shape index (κ3) is 6.44. The van der Waals surface area contributed by atoms with E-state index in [-0.39, 0.29) is 12.3 Å². The number of halogens is 1. The number of carboxylic acid groups (broad SMARTS) is 1. The average Bonchev–Trinajstić information content (AvgIpc) is 2.84. The van der Waals surface area contributed by atoms with Gasteiger partial charge in [0.25, 0.3) is 5.91 Å². The Labute approximate surface area is 203 Å². The first kappa shape index (κ1) is 24.0. The molecular formula is C29H26FNO4. The monoisotopic (exact) mass is 471 g/mol. The number of carboxylic acids is 1. The minimum Gasteiger partial charge on any atom is -0.481 e. The highest BCUT2D eigenvalue weighted by atomic mass is 19.1. The van der Waals surface area contributed by atoms with Gasteiger partial charge in [0.1, 0.15) is 17.3 Å². The van der Waals surface area contributed by atoms with Crippen molar-refractivity contribution in [2.45, 2.75) is 25.7 Å². The number of carbonyl (C=O) groups excluding carboxylic acids is 1. The van der Waals surface area contributed by atoms with E-state index in [2.05, 4.69) is 29.6 Å². The van der Waals surface area contributed by atoms with Crippen LogP contribution in [0.2, 0.25) is 0 Å². The second-order valence-electron chi connectivity index (χ2n) is 8.27. The number of carbonyl (C=O) groups is 2. The number of benzene rings is 4. The van der Waals surface area contributed by atoms with Crippen molar-refractivity contribution in [1.29, 1.82) is 0 Å². The van der Waals surface area contributed by atoms with Gasteiger partial charge in [0.15, 0.2) is 0 Å². The highest BCUT2D eigenvalue weighted by Crippen LogP contribution is 2.26. The van der Waals surface area contributed by atoms with Gasteiger partial charge >= 0.3 is 5.97 Å². The molecule has 0 saturated carbocycles. The number of nitrogens with one attached hydrogen (secondary N) is 1. The summed E-state index contributed by atoms with van der Waals surface area (Å²) in [4.78, 5) is 24.1. The zero-order valence-corrected chi connectivity index (χ0v) is 19.2. The van der Waals surface area contributed by atoms with Crippen molar-refractivity contribution in [2.75, 3.05) is 6.54 Å². The van der Waals surface area contributed by atoms with Gasteiger partial charge in [0, 0.05) is 24.6 Å². The first-order chi connectivity index (χ1) is 17.0. The van der Waals surface area contributed by atoms with Gasteiger partial charge in [-0.15, -0.1) is 0 Å². The number of fused-ring (bicyclic) bond motifs is 1. The predicted molar refractivity (Wildman–Crippen MR) is 133 cm³/mol. The maximum atomic E-state index is 13.5. The Morgan fingerprint density at radius 1 is 0.829 bits per heavy atom. The van der Waals surface area contributed by atoms with Crippen molar-refractivity contribution >= 4 is 22.6 Å². The summed E-state index contributed by atoms with van der Waals surface area (Å²) in [6, 6.07) is 25.1. The lowest BCUT2D eigenvalue weighted by Gasteiger charge is -2.13. The smallest absolute Gasteiger partial charge is 0.303 e. The molecule has 0 radical (unpaired) electrons. The topological polar surface area (TPSA) is 75.6 Å². The van der Waals surface area contributed by atoms with E-state index in [9.17, 15) is 14.0 Å². The second-order valence-corrected chi connectivity index (χ2v) is 8.27. The molecule has 0 fully saturated rings. The number of aliphatic carboxylic acids is 1. The van der Waals surface area contributed by atoms with Crippen LogP contribution in [0.3, 0.4) is 0 Å². The zero-order chi connectivity index (χ0) is 24.6. The summed E-state index contributed by atoms with van der Waals surface area (Å²) in [5.74, 6) is -0.834. The van der Waals surface area contributed by atoms with Gasteiger partial charge < -0.3 is 15.2 Å². The first-order valence-electron chi connectivity index (χ1n) is 11.5. The van der Waals surface area contributed by atoms with E-state index >= 15 is 0 Å². The molecule has 4 rings (SSSR count). The Balaban J connectivity index is 1.49. The second kappa shape index (κ2) is 11.3. The van der Waals surface area contributed by atoms with Crippen LogP contribution in [-0.2, 0) is 17.6 Å². The molecule has 0 bridgehead atoms. The lowest BCUT2D eigenvalue weighted by atomic mass is 10.00. The van der Waals surface area contributed by atoms with Crippen LogP contribution in [0.15, 0.2) is 84.9 Å². The van der Waals surface area contributed by atoms with Crippen LogP contribution in [-0.4, -0.2) is 23.5 Å². The van der Waals surface area contributed by atoms with E-state index in [1.165, 1.54) is 12.1 Å². The molecule has 0 unspecified atom stereocenters. The van der Waals surface area contributed by atoms with Gasteiger partial charge in [0.05, 0.1) is 0 Å². The van der Waals surface area contributed by atoms with Crippen LogP contribution in [0.5, 0.6) is 11.5 Å². The van der Waals surface area contributed by atoms with Crippen LogP contribution in [0.4, 0.5) is 4.39 Å². The van der Waals surface area contributed by atoms with Gasteiger partial charge in [-0.05, 0) is 65.4 Å². The molecule has 0 aliphatic heterocycles. The fraction of sp³-hybridized carbons (Fsp3) is 0.172. The molecule has 178 valence electrons. The van der Waals surface area contributed by atoms with E-state index in [0.717, 1.165) is 21.9 Å². The number of amides is 1. The Morgan fingerprint density at radius 2 is 1.60 bits per heavy atom. The predicted octanol–water partition coefficient (Wildman–Crippen LogP) is 6.15. The summed E-state index contributed by atoms with van der Waals surface area (Å²) < 4.78 is 19.3. The summed E-state index contributed by atoms with van der Waals surface area (Å²) >= 11 is 0. The van der Waals surface area contributed by atoms with Gasteiger partial charge in [-0.1, -0.05) is 54.6 Å². The van der Waals surface area contributed by atoms with Gasteiger partial charge in [-0.2, -0.15) is 0 Å². The molecular weight excluding hydrogens is 445 g/mol. The molecule has 4 aromatic carbocycles. The summed E-state index contributed by atoms with van der Waals surface area (Å²) in [7, 11) is 0. The highest BCUT2D eigenvalue weighted by Gasteiger charge is 2.14. The van der Waals surface area contributed by atoms with Crippen LogP contribution < -0.4 is 10.1 Å². The molecule has 4 aromatic rings. The number of rotatable bonds is 10. The third-order valence-corrected chi connectivity index (χ3v) is 5.75. The van der Waals surface area contributed by atoms with Gasteiger partial charge in [0.2, 0.25) is 0 Å². The Morgan fingerprint density at radius 3 is 2.43 bits per heavy atom. The number of ether oxygens (including phenoxy) is 1. The summed E-state index contributed by atoms with van der Waals surface area (Å²) in [5.41, 5.74) is 2.30. The molecule has 0 aliphatic rings. The molecule has 0 aliphatic carbocycles. The summed E-state index contributed by atoms with van der Waals surface area (Å²) in [5, 5.41) is 14.3. The standard InChI is InChI=1S/C29H26FNO4/c30-23-10-5-11-24(18-23)35-25-15-14-21(9-4-13-28(32)33)27(19-25)29(34)31-17-16-22-8-3-7-20-6-1-2-12-26(20)22/h1-3,5-8,10-12,14-15,18-19H,4,9,13,16-17H2,(H,31,34)(H,32,33). The van der Waals surface area contributed by atoms with Crippen molar-refractivity contribution in [3.8, 4) is 11.5 Å². The normalized spacial score (nSPS) is 10.8. The SMILES string of the molecule is O=C(O)CCCc1ccc(Oc2cccc(F)c2)cc1C(=O)NCCc1cccc2ccccc12. The van der Waals surface area contributed by atoms with Crippen LogP contribution in [0, 0.1) is 5.82 Å². The molecule has 6 heteroatoms. The van der Waals surface area contributed by atoms with E-state index < -0.39 is 11.8 Å². The molecule has 0 aromatic heterocycles. The lowest BCUT2D eigenvalue weighted by Crippen LogP contribution is -2.26. The minimum absolute atomic E-state index is 0.0175. The Hall–Kier alpha value is -4.19.